The summed E-state index contributed by atoms with van der Waals surface area (Å²) in [5.74, 6) is 0. The van der Waals surface area contributed by atoms with Crippen LogP contribution in [-0.2, 0) is 6.42 Å². The van der Waals surface area contributed by atoms with E-state index in [0.29, 0.717) is 0 Å². The molecule has 2 aromatic carbocycles. The lowest BCUT2D eigenvalue weighted by atomic mass is 9.97. The van der Waals surface area contributed by atoms with Crippen molar-refractivity contribution in [2.45, 2.75) is 19.8 Å². The Morgan fingerprint density at radius 3 is 2.52 bits per heavy atom. The minimum atomic E-state index is 1.10. The molecule has 0 saturated heterocycles. The molecule has 0 aliphatic rings. The molecule has 3 aromatic rings. The highest BCUT2D eigenvalue weighted by Crippen LogP contribution is 2.27. The third-order valence-corrected chi connectivity index (χ3v) is 3.98. The quantitative estimate of drug-likeness (QED) is 0.665. The molecule has 0 N–H and O–H groups in total. The van der Waals surface area contributed by atoms with Crippen molar-refractivity contribution in [3.05, 3.63) is 53.6 Å². The lowest BCUT2D eigenvalue weighted by Gasteiger charge is -2.13. The van der Waals surface area contributed by atoms with Gasteiger partial charge in [0, 0.05) is 10.8 Å². The van der Waals surface area contributed by atoms with Gasteiger partial charge in [0.2, 0.25) is 0 Å². The van der Waals surface area contributed by atoms with E-state index in [0.717, 1.165) is 24.0 Å². The first-order valence-corrected chi connectivity index (χ1v) is 7.58. The number of hydrogen-bond donors (Lipinski definition) is 0. The molecular formula is C19H22N2. The summed E-state index contributed by atoms with van der Waals surface area (Å²) in [6, 6.07) is 15.1. The van der Waals surface area contributed by atoms with Crippen LogP contribution in [0.4, 0.5) is 0 Å². The summed E-state index contributed by atoms with van der Waals surface area (Å²) in [4.78, 5) is 7.06. The molecule has 1 aromatic heterocycles. The maximum Gasteiger partial charge on any atom is 0.0712 e. The van der Waals surface area contributed by atoms with Gasteiger partial charge < -0.3 is 4.90 Å². The van der Waals surface area contributed by atoms with Gasteiger partial charge in [0.1, 0.15) is 0 Å². The maximum atomic E-state index is 4.81. The summed E-state index contributed by atoms with van der Waals surface area (Å²) in [7, 11) is 4.26. The average molecular weight is 278 g/mol. The first-order chi connectivity index (χ1) is 10.1. The fourth-order valence-corrected chi connectivity index (χ4v) is 2.93. The number of benzene rings is 2. The van der Waals surface area contributed by atoms with Gasteiger partial charge in [0.05, 0.1) is 11.0 Å². The number of fused-ring (bicyclic) bond motifs is 2. The van der Waals surface area contributed by atoms with Gasteiger partial charge in [-0.25, -0.2) is 4.98 Å². The van der Waals surface area contributed by atoms with Gasteiger partial charge in [-0.2, -0.15) is 0 Å². The number of hydrogen-bond acceptors (Lipinski definition) is 2. The Bertz CT molecular complexity index is 775. The predicted molar refractivity (Wildman–Crippen MR) is 90.9 cm³/mol. The summed E-state index contributed by atoms with van der Waals surface area (Å²) in [5, 5.41) is 2.61. The van der Waals surface area contributed by atoms with E-state index in [1.807, 2.05) is 0 Å². The van der Waals surface area contributed by atoms with E-state index < -0.39 is 0 Å². The van der Waals surface area contributed by atoms with Crippen molar-refractivity contribution in [2.24, 2.45) is 0 Å². The second-order valence-electron chi connectivity index (χ2n) is 6.03. The normalized spacial score (nSPS) is 11.6. The summed E-state index contributed by atoms with van der Waals surface area (Å²) in [5.41, 5.74) is 4.96. The van der Waals surface area contributed by atoms with Crippen LogP contribution in [-0.4, -0.2) is 30.5 Å². The smallest absolute Gasteiger partial charge is 0.0712 e. The average Bonchev–Trinajstić information content (AvgIpc) is 2.46. The molecule has 3 rings (SSSR count). The highest BCUT2D eigenvalue weighted by molar-refractivity contribution is 5.97. The van der Waals surface area contributed by atoms with E-state index in [1.54, 1.807) is 0 Å². The van der Waals surface area contributed by atoms with Crippen LogP contribution >= 0.6 is 0 Å². The van der Waals surface area contributed by atoms with Gasteiger partial charge in [0.25, 0.3) is 0 Å². The monoisotopic (exact) mass is 278 g/mol. The van der Waals surface area contributed by atoms with Crippen LogP contribution in [0.25, 0.3) is 21.8 Å². The Hall–Kier alpha value is -1.93. The van der Waals surface area contributed by atoms with Crippen molar-refractivity contribution in [1.29, 1.82) is 0 Å². The molecule has 1 heterocycles. The molecule has 0 aliphatic heterocycles. The van der Waals surface area contributed by atoms with E-state index in [-0.39, 0.29) is 0 Å². The first-order valence-electron chi connectivity index (χ1n) is 7.58. The summed E-state index contributed by atoms with van der Waals surface area (Å²) in [6.07, 6.45) is 2.27. The van der Waals surface area contributed by atoms with Crippen LogP contribution in [0.1, 0.15) is 17.5 Å². The van der Waals surface area contributed by atoms with Crippen LogP contribution in [0.3, 0.4) is 0 Å². The Morgan fingerprint density at radius 1 is 0.952 bits per heavy atom. The van der Waals surface area contributed by atoms with Gasteiger partial charge in [-0.15, -0.1) is 0 Å². The second kappa shape index (κ2) is 5.82. The fourth-order valence-electron chi connectivity index (χ4n) is 2.93. The SMILES string of the molecule is Cc1ccc2nc3ccccc3c(CCCN(C)C)c2c1. The highest BCUT2D eigenvalue weighted by Gasteiger charge is 2.09. The number of nitrogens with zero attached hydrogens (tertiary/aromatic N) is 2. The van der Waals surface area contributed by atoms with Gasteiger partial charge >= 0.3 is 0 Å². The Morgan fingerprint density at radius 2 is 1.71 bits per heavy atom. The number of aryl methyl sites for hydroxylation is 2. The zero-order valence-electron chi connectivity index (χ0n) is 13.1. The number of rotatable bonds is 4. The van der Waals surface area contributed by atoms with Crippen LogP contribution in [0.15, 0.2) is 42.5 Å². The Balaban J connectivity index is 2.16. The van der Waals surface area contributed by atoms with E-state index >= 15 is 0 Å². The van der Waals surface area contributed by atoms with Gasteiger partial charge in [-0.3, -0.25) is 0 Å². The van der Waals surface area contributed by atoms with E-state index in [9.17, 15) is 0 Å². The molecule has 0 amide bonds. The summed E-state index contributed by atoms with van der Waals surface area (Å²) >= 11 is 0. The number of pyridine rings is 1. The van der Waals surface area contributed by atoms with Crippen LogP contribution in [0, 0.1) is 6.92 Å². The van der Waals surface area contributed by atoms with Gasteiger partial charge in [-0.05, 0) is 64.2 Å². The molecule has 0 bridgehead atoms. The standard InChI is InChI=1S/C19H22N2/c1-14-10-11-19-17(13-14)15(8-6-12-21(2)3)16-7-4-5-9-18(16)20-19/h4-5,7,9-11,13H,6,8,12H2,1-3H3. The second-order valence-corrected chi connectivity index (χ2v) is 6.03. The van der Waals surface area contributed by atoms with Crippen LogP contribution in [0.5, 0.6) is 0 Å². The van der Waals surface area contributed by atoms with Gasteiger partial charge in [-0.1, -0.05) is 29.8 Å². The van der Waals surface area contributed by atoms with Crippen molar-refractivity contribution in [3.63, 3.8) is 0 Å². The molecule has 21 heavy (non-hydrogen) atoms. The van der Waals surface area contributed by atoms with Crippen molar-refractivity contribution in [1.82, 2.24) is 9.88 Å². The van der Waals surface area contributed by atoms with Gasteiger partial charge in [0.15, 0.2) is 0 Å². The first kappa shape index (κ1) is 14.0. The predicted octanol–water partition coefficient (Wildman–Crippen LogP) is 4.19. The topological polar surface area (TPSA) is 16.1 Å². The highest BCUT2D eigenvalue weighted by atomic mass is 15.0. The molecule has 2 heteroatoms. The van der Waals surface area contributed by atoms with Crippen LogP contribution < -0.4 is 0 Å². The third kappa shape index (κ3) is 2.91. The van der Waals surface area contributed by atoms with Crippen LogP contribution in [0.2, 0.25) is 0 Å². The molecule has 108 valence electrons. The molecule has 2 nitrogen and oxygen atoms in total. The van der Waals surface area contributed by atoms with E-state index in [2.05, 4.69) is 68.4 Å². The Labute approximate surface area is 126 Å². The van der Waals surface area contributed by atoms with Crippen molar-refractivity contribution in [2.75, 3.05) is 20.6 Å². The molecule has 0 aliphatic carbocycles. The summed E-state index contributed by atoms with van der Waals surface area (Å²) in [6.45, 7) is 3.27. The molecule has 0 radical (unpaired) electrons. The molecule has 0 unspecified atom stereocenters. The zero-order valence-corrected chi connectivity index (χ0v) is 13.1. The molecule has 0 saturated carbocycles. The Kier molecular flexibility index (Phi) is 3.89. The maximum absolute atomic E-state index is 4.81. The molecule has 0 spiro atoms. The van der Waals surface area contributed by atoms with Crippen molar-refractivity contribution >= 4 is 21.8 Å². The van der Waals surface area contributed by atoms with Crippen molar-refractivity contribution < 1.29 is 0 Å². The van der Waals surface area contributed by atoms with Crippen molar-refractivity contribution in [3.8, 4) is 0 Å². The molecular weight excluding hydrogens is 256 g/mol. The largest absolute Gasteiger partial charge is 0.309 e. The fraction of sp³-hybridized carbons (Fsp3) is 0.316. The lowest BCUT2D eigenvalue weighted by molar-refractivity contribution is 0.401. The molecule has 0 fully saturated rings. The minimum Gasteiger partial charge on any atom is -0.309 e. The lowest BCUT2D eigenvalue weighted by Crippen LogP contribution is -2.13. The molecule has 0 atom stereocenters. The number of para-hydroxylation sites is 1. The zero-order chi connectivity index (χ0) is 14.8. The third-order valence-electron chi connectivity index (χ3n) is 3.98. The van der Waals surface area contributed by atoms with E-state index in [4.69, 9.17) is 4.98 Å². The minimum absolute atomic E-state index is 1.10. The van der Waals surface area contributed by atoms with E-state index in [1.165, 1.54) is 28.3 Å². The number of aromatic nitrogens is 1. The summed E-state index contributed by atoms with van der Waals surface area (Å²) < 4.78 is 0.